The number of nitriles is 1. The van der Waals surface area contributed by atoms with E-state index < -0.39 is 0 Å². The second-order valence-electron chi connectivity index (χ2n) is 4.43. The lowest BCUT2D eigenvalue weighted by atomic mass is 10.2. The van der Waals surface area contributed by atoms with E-state index in [-0.39, 0.29) is 5.91 Å². The van der Waals surface area contributed by atoms with E-state index in [1.165, 1.54) is 11.8 Å². The third-order valence-electron chi connectivity index (χ3n) is 2.89. The molecule has 1 heterocycles. The molecule has 21 heavy (non-hydrogen) atoms. The third-order valence-corrected chi connectivity index (χ3v) is 3.71. The van der Waals surface area contributed by atoms with Crippen molar-refractivity contribution in [3.8, 4) is 6.07 Å². The van der Waals surface area contributed by atoms with Crippen LogP contribution in [0.2, 0.25) is 0 Å². The highest BCUT2D eigenvalue weighted by Crippen LogP contribution is 2.21. The number of amides is 1. The molecular formula is C15H15N3O2S. The number of hydrogen-bond acceptors (Lipinski definition) is 5. The van der Waals surface area contributed by atoms with Crippen LogP contribution < -0.4 is 5.32 Å². The number of nitrogens with one attached hydrogen (secondary N) is 1. The highest BCUT2D eigenvalue weighted by atomic mass is 32.2. The molecule has 0 fully saturated rings. The van der Waals surface area contributed by atoms with Crippen LogP contribution in [0, 0.1) is 25.2 Å². The van der Waals surface area contributed by atoms with Gasteiger partial charge in [0.15, 0.2) is 0 Å². The van der Waals surface area contributed by atoms with Crippen molar-refractivity contribution < 1.29 is 9.21 Å². The zero-order valence-corrected chi connectivity index (χ0v) is 12.7. The number of aromatic nitrogens is 1. The van der Waals surface area contributed by atoms with Crippen molar-refractivity contribution in [1.29, 1.82) is 5.26 Å². The van der Waals surface area contributed by atoms with Gasteiger partial charge in [-0.2, -0.15) is 5.26 Å². The van der Waals surface area contributed by atoms with Gasteiger partial charge in [0.1, 0.15) is 11.8 Å². The summed E-state index contributed by atoms with van der Waals surface area (Å²) in [5, 5.41) is 12.3. The standard InChI is InChI=1S/C15H15N3O2S/c1-10-11(2)20-15(17-10)21-8-7-14(19)18-13-6-4-3-5-12(13)9-16/h3-6H,7-8H2,1-2H3,(H,18,19). The summed E-state index contributed by atoms with van der Waals surface area (Å²) in [5.41, 5.74) is 1.86. The Bertz CT molecular complexity index is 669. The van der Waals surface area contributed by atoms with Gasteiger partial charge in [-0.25, -0.2) is 4.98 Å². The van der Waals surface area contributed by atoms with E-state index >= 15 is 0 Å². The number of thioether (sulfide) groups is 1. The predicted octanol–water partition coefficient (Wildman–Crippen LogP) is 3.28. The van der Waals surface area contributed by atoms with Crippen molar-refractivity contribution in [2.75, 3.05) is 11.1 Å². The van der Waals surface area contributed by atoms with E-state index in [1.54, 1.807) is 24.3 Å². The quantitative estimate of drug-likeness (QED) is 0.857. The van der Waals surface area contributed by atoms with Gasteiger partial charge in [-0.3, -0.25) is 4.79 Å². The first-order valence-electron chi connectivity index (χ1n) is 6.46. The van der Waals surface area contributed by atoms with E-state index in [0.717, 1.165) is 11.5 Å². The lowest BCUT2D eigenvalue weighted by molar-refractivity contribution is -0.115. The molecule has 5 nitrogen and oxygen atoms in total. The van der Waals surface area contributed by atoms with Gasteiger partial charge in [-0.15, -0.1) is 0 Å². The number of anilines is 1. The molecule has 0 radical (unpaired) electrons. The molecule has 0 aliphatic carbocycles. The second-order valence-corrected chi connectivity index (χ2v) is 5.47. The van der Waals surface area contributed by atoms with Crippen LogP contribution in [0.3, 0.4) is 0 Å². The summed E-state index contributed by atoms with van der Waals surface area (Å²) in [5.74, 6) is 1.23. The van der Waals surface area contributed by atoms with E-state index in [1.807, 2.05) is 19.9 Å². The minimum absolute atomic E-state index is 0.134. The molecule has 0 saturated carbocycles. The average Bonchev–Trinajstić information content (AvgIpc) is 2.78. The van der Waals surface area contributed by atoms with Crippen molar-refractivity contribution in [2.45, 2.75) is 25.5 Å². The summed E-state index contributed by atoms with van der Waals surface area (Å²) in [6, 6.07) is 8.97. The van der Waals surface area contributed by atoms with Gasteiger partial charge in [-0.1, -0.05) is 23.9 Å². The molecule has 0 saturated heterocycles. The van der Waals surface area contributed by atoms with Gasteiger partial charge < -0.3 is 9.73 Å². The van der Waals surface area contributed by atoms with Crippen LogP contribution in [0.25, 0.3) is 0 Å². The molecule has 0 spiro atoms. The second kappa shape index (κ2) is 6.95. The number of para-hydroxylation sites is 1. The van der Waals surface area contributed by atoms with E-state index in [2.05, 4.69) is 10.3 Å². The molecule has 1 amide bonds. The van der Waals surface area contributed by atoms with Crippen molar-refractivity contribution in [3.05, 3.63) is 41.3 Å². The minimum atomic E-state index is -0.134. The Morgan fingerprint density at radius 3 is 2.86 bits per heavy atom. The van der Waals surface area contributed by atoms with E-state index in [4.69, 9.17) is 9.68 Å². The summed E-state index contributed by atoms with van der Waals surface area (Å²) in [6.07, 6.45) is 0.324. The molecule has 0 bridgehead atoms. The number of nitrogens with zero attached hydrogens (tertiary/aromatic N) is 2. The van der Waals surface area contributed by atoms with Crippen molar-refractivity contribution in [3.63, 3.8) is 0 Å². The van der Waals surface area contributed by atoms with Crippen molar-refractivity contribution in [1.82, 2.24) is 4.98 Å². The van der Waals surface area contributed by atoms with Crippen molar-refractivity contribution >= 4 is 23.4 Å². The molecular weight excluding hydrogens is 286 g/mol. The maximum absolute atomic E-state index is 11.9. The van der Waals surface area contributed by atoms with E-state index in [9.17, 15) is 4.79 Å². The van der Waals surface area contributed by atoms with Crippen LogP contribution >= 0.6 is 11.8 Å². The Morgan fingerprint density at radius 1 is 1.43 bits per heavy atom. The molecule has 1 N–H and O–H groups in total. The monoisotopic (exact) mass is 301 g/mol. The fourth-order valence-corrected chi connectivity index (χ4v) is 2.49. The zero-order valence-electron chi connectivity index (χ0n) is 11.8. The Kier molecular flexibility index (Phi) is 5.01. The van der Waals surface area contributed by atoms with Crippen molar-refractivity contribution in [2.24, 2.45) is 0 Å². The summed E-state index contributed by atoms with van der Waals surface area (Å²) >= 11 is 1.40. The molecule has 1 aromatic heterocycles. The SMILES string of the molecule is Cc1nc(SCCC(=O)Nc2ccccc2C#N)oc1C. The molecule has 0 aliphatic heterocycles. The Hall–Kier alpha value is -2.26. The summed E-state index contributed by atoms with van der Waals surface area (Å²) < 4.78 is 5.43. The molecule has 1 aromatic carbocycles. The Balaban J connectivity index is 1.84. The average molecular weight is 301 g/mol. The maximum Gasteiger partial charge on any atom is 0.256 e. The van der Waals surface area contributed by atoms with Crippen LogP contribution in [0.15, 0.2) is 33.9 Å². The molecule has 0 atom stereocenters. The first-order chi connectivity index (χ1) is 10.1. The normalized spacial score (nSPS) is 10.1. The van der Waals surface area contributed by atoms with Gasteiger partial charge in [0.2, 0.25) is 5.91 Å². The van der Waals surface area contributed by atoms with Gasteiger partial charge in [0.05, 0.1) is 16.9 Å². The Morgan fingerprint density at radius 2 is 2.19 bits per heavy atom. The summed E-state index contributed by atoms with van der Waals surface area (Å²) in [7, 11) is 0. The first-order valence-corrected chi connectivity index (χ1v) is 7.44. The molecule has 2 aromatic rings. The largest absolute Gasteiger partial charge is 0.437 e. The van der Waals surface area contributed by atoms with Gasteiger partial charge >= 0.3 is 0 Å². The van der Waals surface area contributed by atoms with E-state index in [0.29, 0.717) is 28.6 Å². The topological polar surface area (TPSA) is 78.9 Å². The maximum atomic E-state index is 11.9. The van der Waals surface area contributed by atoms with Crippen LogP contribution in [0.1, 0.15) is 23.4 Å². The number of oxazole rings is 1. The smallest absolute Gasteiger partial charge is 0.256 e. The minimum Gasteiger partial charge on any atom is -0.437 e. The number of hydrogen-bond donors (Lipinski definition) is 1. The summed E-state index contributed by atoms with van der Waals surface area (Å²) in [6.45, 7) is 3.74. The Labute approximate surface area is 127 Å². The fourth-order valence-electron chi connectivity index (χ4n) is 1.64. The fraction of sp³-hybridized carbons (Fsp3) is 0.267. The summed E-state index contributed by atoms with van der Waals surface area (Å²) in [4.78, 5) is 16.1. The van der Waals surface area contributed by atoms with Crippen LogP contribution in [-0.2, 0) is 4.79 Å². The zero-order chi connectivity index (χ0) is 15.2. The molecule has 2 rings (SSSR count). The number of carbonyl (C=O) groups is 1. The molecule has 6 heteroatoms. The predicted molar refractivity (Wildman–Crippen MR) is 81.1 cm³/mol. The third kappa shape index (κ3) is 4.10. The van der Waals surface area contributed by atoms with Crippen LogP contribution in [0.4, 0.5) is 5.69 Å². The van der Waals surface area contributed by atoms with Gasteiger partial charge in [0, 0.05) is 12.2 Å². The molecule has 0 unspecified atom stereocenters. The highest BCUT2D eigenvalue weighted by Gasteiger charge is 2.09. The highest BCUT2D eigenvalue weighted by molar-refractivity contribution is 7.99. The van der Waals surface area contributed by atoms with Crippen LogP contribution in [-0.4, -0.2) is 16.6 Å². The van der Waals surface area contributed by atoms with Gasteiger partial charge in [-0.05, 0) is 26.0 Å². The number of carbonyl (C=O) groups excluding carboxylic acids is 1. The number of rotatable bonds is 5. The first kappa shape index (κ1) is 15.1. The van der Waals surface area contributed by atoms with Gasteiger partial charge in [0.25, 0.3) is 5.22 Å². The number of aryl methyl sites for hydroxylation is 2. The lowest BCUT2D eigenvalue weighted by Crippen LogP contribution is -2.13. The number of benzene rings is 1. The molecule has 108 valence electrons. The van der Waals surface area contributed by atoms with Crippen LogP contribution in [0.5, 0.6) is 0 Å². The molecule has 0 aliphatic rings. The lowest BCUT2D eigenvalue weighted by Gasteiger charge is -2.05.